The number of Topliss-reactive ketones (excluding diaryl/α,β-unsaturated/α-hetero) is 1. The minimum absolute atomic E-state index is 0.196. The van der Waals surface area contributed by atoms with E-state index in [1.54, 1.807) is 0 Å². The number of carbonyl (C=O) groups excluding carboxylic acids is 1. The summed E-state index contributed by atoms with van der Waals surface area (Å²) in [6.07, 6.45) is 4.47. The van der Waals surface area contributed by atoms with Crippen LogP contribution in [-0.2, 0) is 6.54 Å². The second-order valence-electron chi connectivity index (χ2n) is 4.92. The molecule has 0 radical (unpaired) electrons. The van der Waals surface area contributed by atoms with Gasteiger partial charge in [-0.25, -0.2) is 0 Å². The summed E-state index contributed by atoms with van der Waals surface area (Å²) in [7, 11) is 0. The van der Waals surface area contributed by atoms with Crippen LogP contribution in [0.1, 0.15) is 35.2 Å². The number of hydrogen-bond acceptors (Lipinski definition) is 2. The van der Waals surface area contributed by atoms with Crippen molar-refractivity contribution in [1.29, 1.82) is 0 Å². The Labute approximate surface area is 112 Å². The van der Waals surface area contributed by atoms with Crippen molar-refractivity contribution in [2.24, 2.45) is 0 Å². The molecule has 2 aromatic rings. The van der Waals surface area contributed by atoms with Crippen LogP contribution in [0.25, 0.3) is 0 Å². The zero-order chi connectivity index (χ0) is 13.2. The van der Waals surface area contributed by atoms with Crippen molar-refractivity contribution in [2.75, 3.05) is 6.61 Å². The van der Waals surface area contributed by atoms with E-state index in [1.165, 1.54) is 5.56 Å². The van der Waals surface area contributed by atoms with Crippen molar-refractivity contribution >= 4 is 5.78 Å². The van der Waals surface area contributed by atoms with Gasteiger partial charge in [0.25, 0.3) is 0 Å². The topological polar surface area (TPSA) is 31.2 Å². The Hall–Kier alpha value is -2.03. The largest absolute Gasteiger partial charge is 0.493 e. The maximum atomic E-state index is 11.6. The number of benzene rings is 1. The lowest BCUT2D eigenvalue weighted by atomic mass is 10.0. The Morgan fingerprint density at radius 1 is 1.37 bits per heavy atom. The SMILES string of the molecule is CCC(=O)c1ccn(CC2COc3ccccc32)c1. The number of ketones is 1. The van der Waals surface area contributed by atoms with Crippen LogP contribution in [0.2, 0.25) is 0 Å². The van der Waals surface area contributed by atoms with E-state index >= 15 is 0 Å². The van der Waals surface area contributed by atoms with Crippen LogP contribution in [0.15, 0.2) is 42.7 Å². The number of rotatable bonds is 4. The molecule has 1 aliphatic heterocycles. The molecule has 1 aromatic heterocycles. The first-order chi connectivity index (χ1) is 9.28. The van der Waals surface area contributed by atoms with E-state index in [-0.39, 0.29) is 5.78 Å². The molecule has 0 amide bonds. The molecular formula is C16H17NO2. The van der Waals surface area contributed by atoms with Gasteiger partial charge in [-0.3, -0.25) is 4.79 Å². The molecule has 3 nitrogen and oxygen atoms in total. The van der Waals surface area contributed by atoms with E-state index < -0.39 is 0 Å². The van der Waals surface area contributed by atoms with Crippen molar-refractivity contribution in [2.45, 2.75) is 25.8 Å². The molecule has 3 heteroatoms. The van der Waals surface area contributed by atoms with Crippen LogP contribution in [0, 0.1) is 0 Å². The molecule has 0 bridgehead atoms. The van der Waals surface area contributed by atoms with Gasteiger partial charge in [0.05, 0.1) is 6.61 Å². The fourth-order valence-corrected chi connectivity index (χ4v) is 2.56. The van der Waals surface area contributed by atoms with Gasteiger partial charge in [-0.2, -0.15) is 0 Å². The quantitative estimate of drug-likeness (QED) is 0.785. The first kappa shape index (κ1) is 12.0. The molecular weight excluding hydrogens is 238 g/mol. The Morgan fingerprint density at radius 3 is 3.05 bits per heavy atom. The van der Waals surface area contributed by atoms with Gasteiger partial charge in [-0.05, 0) is 12.1 Å². The highest BCUT2D eigenvalue weighted by molar-refractivity contribution is 5.95. The van der Waals surface area contributed by atoms with Crippen LogP contribution in [0.5, 0.6) is 5.75 Å². The second-order valence-corrected chi connectivity index (χ2v) is 4.92. The van der Waals surface area contributed by atoms with Gasteiger partial charge in [-0.15, -0.1) is 0 Å². The fraction of sp³-hybridized carbons (Fsp3) is 0.312. The van der Waals surface area contributed by atoms with Crippen molar-refractivity contribution in [3.8, 4) is 5.75 Å². The third-order valence-corrected chi connectivity index (χ3v) is 3.62. The predicted molar refractivity (Wildman–Crippen MR) is 73.7 cm³/mol. The minimum Gasteiger partial charge on any atom is -0.493 e. The fourth-order valence-electron chi connectivity index (χ4n) is 2.56. The third kappa shape index (κ3) is 2.28. The maximum Gasteiger partial charge on any atom is 0.164 e. The minimum atomic E-state index is 0.196. The average molecular weight is 255 g/mol. The van der Waals surface area contributed by atoms with Crippen molar-refractivity contribution < 1.29 is 9.53 Å². The van der Waals surface area contributed by atoms with E-state index in [2.05, 4.69) is 10.6 Å². The molecule has 1 aromatic carbocycles. The molecule has 1 atom stereocenters. The number of carbonyl (C=O) groups is 1. The molecule has 1 unspecified atom stereocenters. The molecule has 0 spiro atoms. The smallest absolute Gasteiger partial charge is 0.164 e. The van der Waals surface area contributed by atoms with E-state index in [0.717, 1.165) is 17.9 Å². The summed E-state index contributed by atoms with van der Waals surface area (Å²) < 4.78 is 7.76. The number of nitrogens with zero attached hydrogens (tertiary/aromatic N) is 1. The van der Waals surface area contributed by atoms with Crippen LogP contribution >= 0.6 is 0 Å². The molecule has 0 fully saturated rings. The Balaban J connectivity index is 1.76. The van der Waals surface area contributed by atoms with Gasteiger partial charge in [0, 0.05) is 42.4 Å². The first-order valence-electron chi connectivity index (χ1n) is 6.68. The van der Waals surface area contributed by atoms with Crippen molar-refractivity contribution in [1.82, 2.24) is 4.57 Å². The third-order valence-electron chi connectivity index (χ3n) is 3.62. The van der Waals surface area contributed by atoms with E-state index in [0.29, 0.717) is 18.9 Å². The lowest BCUT2D eigenvalue weighted by Crippen LogP contribution is -2.09. The van der Waals surface area contributed by atoms with E-state index in [4.69, 9.17) is 4.74 Å². The predicted octanol–water partition coefficient (Wildman–Crippen LogP) is 3.26. The van der Waals surface area contributed by atoms with Crippen LogP contribution in [0.4, 0.5) is 0 Å². The number of para-hydroxylation sites is 1. The van der Waals surface area contributed by atoms with Crippen LogP contribution < -0.4 is 4.74 Å². The van der Waals surface area contributed by atoms with Crippen LogP contribution in [-0.4, -0.2) is 17.0 Å². The normalized spacial score (nSPS) is 17.0. The molecule has 0 aliphatic carbocycles. The highest BCUT2D eigenvalue weighted by atomic mass is 16.5. The summed E-state index contributed by atoms with van der Waals surface area (Å²) >= 11 is 0. The summed E-state index contributed by atoms with van der Waals surface area (Å²) in [6, 6.07) is 10.1. The molecule has 1 aliphatic rings. The maximum absolute atomic E-state index is 11.6. The van der Waals surface area contributed by atoms with E-state index in [9.17, 15) is 4.79 Å². The van der Waals surface area contributed by atoms with Gasteiger partial charge in [-0.1, -0.05) is 25.1 Å². The zero-order valence-electron chi connectivity index (χ0n) is 11.0. The number of ether oxygens (including phenoxy) is 1. The summed E-state index contributed by atoms with van der Waals surface area (Å²) in [5.41, 5.74) is 2.06. The summed E-state index contributed by atoms with van der Waals surface area (Å²) in [5.74, 6) is 1.56. The van der Waals surface area contributed by atoms with Gasteiger partial charge in [0.15, 0.2) is 5.78 Å². The van der Waals surface area contributed by atoms with Gasteiger partial charge < -0.3 is 9.30 Å². The summed E-state index contributed by atoms with van der Waals surface area (Å²) in [4.78, 5) is 11.6. The molecule has 98 valence electrons. The van der Waals surface area contributed by atoms with Crippen molar-refractivity contribution in [3.63, 3.8) is 0 Å². The zero-order valence-corrected chi connectivity index (χ0v) is 11.0. The van der Waals surface area contributed by atoms with Crippen molar-refractivity contribution in [3.05, 3.63) is 53.9 Å². The monoisotopic (exact) mass is 255 g/mol. The van der Waals surface area contributed by atoms with Gasteiger partial charge in [0.1, 0.15) is 5.75 Å². The Bertz CT molecular complexity index is 600. The van der Waals surface area contributed by atoms with Crippen LogP contribution in [0.3, 0.4) is 0 Å². The van der Waals surface area contributed by atoms with Gasteiger partial charge in [0.2, 0.25) is 0 Å². The van der Waals surface area contributed by atoms with E-state index in [1.807, 2.05) is 43.6 Å². The molecule has 2 heterocycles. The molecule has 0 saturated carbocycles. The molecule has 0 N–H and O–H groups in total. The van der Waals surface area contributed by atoms with Gasteiger partial charge >= 0.3 is 0 Å². The standard InChI is InChI=1S/C16H17NO2/c1-2-15(18)12-7-8-17(9-12)10-13-11-19-16-6-4-3-5-14(13)16/h3-9,13H,2,10-11H2,1H3. The number of fused-ring (bicyclic) bond motifs is 1. The number of hydrogen-bond donors (Lipinski definition) is 0. The first-order valence-corrected chi connectivity index (χ1v) is 6.68. The summed E-state index contributed by atoms with van der Waals surface area (Å²) in [5, 5.41) is 0. The Kier molecular flexibility index (Phi) is 3.11. The number of aromatic nitrogens is 1. The highest BCUT2D eigenvalue weighted by Crippen LogP contribution is 2.34. The molecule has 0 saturated heterocycles. The average Bonchev–Trinajstić information content (AvgIpc) is 3.06. The molecule has 3 rings (SSSR count). The second kappa shape index (κ2) is 4.92. The lowest BCUT2D eigenvalue weighted by molar-refractivity contribution is 0.0988. The lowest BCUT2D eigenvalue weighted by Gasteiger charge is -2.09. The highest BCUT2D eigenvalue weighted by Gasteiger charge is 2.23. The Morgan fingerprint density at radius 2 is 2.21 bits per heavy atom. The molecule has 19 heavy (non-hydrogen) atoms. The summed E-state index contributed by atoms with van der Waals surface area (Å²) in [6.45, 7) is 3.46.